The number of rotatable bonds is 8. The molecule has 2 atom stereocenters. The molecular formula is C30H32N4O3S. The fourth-order valence-electron chi connectivity index (χ4n) is 5.37. The number of hydrogen-bond acceptors (Lipinski definition) is 6. The van der Waals surface area contributed by atoms with Gasteiger partial charge in [-0.25, -0.2) is 4.68 Å². The van der Waals surface area contributed by atoms with E-state index >= 15 is 0 Å². The second-order valence-electron chi connectivity index (χ2n) is 10.0. The first-order valence-corrected chi connectivity index (χ1v) is 14.3. The molecule has 4 aromatic rings. The Morgan fingerprint density at radius 2 is 2.03 bits per heavy atom. The smallest absolute Gasteiger partial charge is 0.183 e. The van der Waals surface area contributed by atoms with Gasteiger partial charge in [-0.3, -0.25) is 9.48 Å². The lowest BCUT2D eigenvalue weighted by Crippen LogP contribution is -2.17. The summed E-state index contributed by atoms with van der Waals surface area (Å²) in [5, 5.41) is 9.22. The Hall–Kier alpha value is -3.36. The Morgan fingerprint density at radius 3 is 2.92 bits per heavy atom. The second-order valence-corrected chi connectivity index (χ2v) is 11.1. The number of carbonyl (C=O) groups is 1. The maximum atomic E-state index is 13.8. The number of benzene rings is 2. The number of nitrogens with zero attached hydrogens (tertiary/aromatic N) is 4. The van der Waals surface area contributed by atoms with Crippen LogP contribution in [0.25, 0.3) is 16.9 Å². The molecule has 7 nitrogen and oxygen atoms in total. The maximum Gasteiger partial charge on any atom is 0.183 e. The summed E-state index contributed by atoms with van der Waals surface area (Å²) in [4.78, 5) is 15.0. The van der Waals surface area contributed by atoms with Crippen LogP contribution in [0.2, 0.25) is 0 Å². The third-order valence-corrected chi connectivity index (χ3v) is 8.68. The standard InChI is InChI=1S/C30H32N4O3S/c1-21-10-15-36-16-11-22(21)18-27(35)29-26-20-38-28-9-3-2-8-25(28)30(26)34(32-29)23-6-4-7-24(19-23)37-17-14-33-13-5-12-31-33/h2-9,12-13,19,21-22H,10-11,14-18,20H2,1H3. The van der Waals surface area contributed by atoms with Gasteiger partial charge in [-0.05, 0) is 48.9 Å². The summed E-state index contributed by atoms with van der Waals surface area (Å²) in [5.74, 6) is 2.41. The minimum atomic E-state index is 0.130. The van der Waals surface area contributed by atoms with Crippen LogP contribution in [0.15, 0.2) is 71.9 Å². The van der Waals surface area contributed by atoms with E-state index in [1.165, 1.54) is 4.90 Å². The van der Waals surface area contributed by atoms with E-state index in [1.54, 1.807) is 18.0 Å². The molecule has 2 aliphatic rings. The van der Waals surface area contributed by atoms with Gasteiger partial charge in [-0.2, -0.15) is 10.2 Å². The number of aromatic nitrogens is 4. The molecule has 0 amide bonds. The number of hydrogen-bond donors (Lipinski definition) is 0. The molecule has 196 valence electrons. The van der Waals surface area contributed by atoms with Crippen molar-refractivity contribution in [3.05, 3.63) is 78.2 Å². The summed E-state index contributed by atoms with van der Waals surface area (Å²) in [7, 11) is 0. The Bertz CT molecular complexity index is 1410. The van der Waals surface area contributed by atoms with Crippen molar-refractivity contribution in [1.82, 2.24) is 19.6 Å². The molecule has 6 rings (SSSR count). The molecular weight excluding hydrogens is 496 g/mol. The highest BCUT2D eigenvalue weighted by molar-refractivity contribution is 7.98. The summed E-state index contributed by atoms with van der Waals surface area (Å²) in [6, 6.07) is 18.2. The quantitative estimate of drug-likeness (QED) is 0.259. The molecule has 2 aromatic heterocycles. The summed E-state index contributed by atoms with van der Waals surface area (Å²) in [6.07, 6.45) is 6.12. The summed E-state index contributed by atoms with van der Waals surface area (Å²) in [5.41, 5.74) is 4.64. The minimum absolute atomic E-state index is 0.130. The lowest BCUT2D eigenvalue weighted by atomic mass is 9.84. The first kappa shape index (κ1) is 24.9. The van der Waals surface area contributed by atoms with Gasteiger partial charge in [0, 0.05) is 59.9 Å². The Kier molecular flexibility index (Phi) is 7.33. The molecule has 0 radical (unpaired) electrons. The zero-order valence-corrected chi connectivity index (χ0v) is 22.4. The molecule has 2 aromatic carbocycles. The summed E-state index contributed by atoms with van der Waals surface area (Å²) in [6.45, 7) is 4.93. The number of fused-ring (bicyclic) bond motifs is 3. The van der Waals surface area contributed by atoms with Crippen molar-refractivity contribution in [2.45, 2.75) is 43.4 Å². The number of carbonyl (C=O) groups excluding carboxylic acids is 1. The van der Waals surface area contributed by atoms with Crippen molar-refractivity contribution < 1.29 is 14.3 Å². The predicted octanol–water partition coefficient (Wildman–Crippen LogP) is 6.06. The van der Waals surface area contributed by atoms with Crippen molar-refractivity contribution in [3.8, 4) is 22.7 Å². The van der Waals surface area contributed by atoms with E-state index in [1.807, 2.05) is 45.9 Å². The second kappa shape index (κ2) is 11.2. The van der Waals surface area contributed by atoms with Crippen LogP contribution in [-0.2, 0) is 17.0 Å². The van der Waals surface area contributed by atoms with Crippen LogP contribution < -0.4 is 4.74 Å². The fraction of sp³-hybridized carbons (Fsp3) is 0.367. The van der Waals surface area contributed by atoms with Crippen LogP contribution in [0.4, 0.5) is 0 Å². The van der Waals surface area contributed by atoms with E-state index < -0.39 is 0 Å². The highest BCUT2D eigenvalue weighted by Crippen LogP contribution is 2.44. The molecule has 0 N–H and O–H groups in total. The number of thioether (sulfide) groups is 1. The van der Waals surface area contributed by atoms with Gasteiger partial charge in [0.25, 0.3) is 0 Å². The van der Waals surface area contributed by atoms with E-state index in [-0.39, 0.29) is 5.78 Å². The first-order valence-electron chi connectivity index (χ1n) is 13.3. The van der Waals surface area contributed by atoms with Crippen molar-refractivity contribution in [3.63, 3.8) is 0 Å². The van der Waals surface area contributed by atoms with E-state index in [0.29, 0.717) is 37.1 Å². The predicted molar refractivity (Wildman–Crippen MR) is 148 cm³/mol. The largest absolute Gasteiger partial charge is 0.492 e. The zero-order valence-electron chi connectivity index (χ0n) is 21.6. The highest BCUT2D eigenvalue weighted by Gasteiger charge is 2.31. The third kappa shape index (κ3) is 5.15. The topological polar surface area (TPSA) is 71.2 Å². The highest BCUT2D eigenvalue weighted by atomic mass is 32.2. The minimum Gasteiger partial charge on any atom is -0.492 e. The molecule has 1 fully saturated rings. The molecule has 0 saturated carbocycles. The Morgan fingerprint density at radius 1 is 1.13 bits per heavy atom. The van der Waals surface area contributed by atoms with E-state index in [2.05, 4.69) is 36.3 Å². The number of ketones is 1. The van der Waals surface area contributed by atoms with E-state index in [9.17, 15) is 4.79 Å². The van der Waals surface area contributed by atoms with Gasteiger partial charge in [0.1, 0.15) is 18.1 Å². The molecule has 0 aliphatic carbocycles. The van der Waals surface area contributed by atoms with Crippen LogP contribution in [0.5, 0.6) is 5.75 Å². The monoisotopic (exact) mass is 528 g/mol. The fourth-order valence-corrected chi connectivity index (χ4v) is 6.44. The Balaban J connectivity index is 1.33. The average Bonchev–Trinajstić information content (AvgIpc) is 3.56. The molecule has 1 saturated heterocycles. The van der Waals surface area contributed by atoms with Gasteiger partial charge in [0.2, 0.25) is 0 Å². The van der Waals surface area contributed by atoms with Gasteiger partial charge in [-0.1, -0.05) is 31.2 Å². The first-order chi connectivity index (χ1) is 18.7. The van der Waals surface area contributed by atoms with Crippen LogP contribution in [0, 0.1) is 11.8 Å². The van der Waals surface area contributed by atoms with Crippen molar-refractivity contribution in [2.24, 2.45) is 11.8 Å². The van der Waals surface area contributed by atoms with Gasteiger partial charge < -0.3 is 9.47 Å². The zero-order chi connectivity index (χ0) is 25.9. The molecule has 38 heavy (non-hydrogen) atoms. The van der Waals surface area contributed by atoms with Crippen molar-refractivity contribution in [2.75, 3.05) is 19.8 Å². The lowest BCUT2D eigenvalue weighted by Gasteiger charge is -2.20. The molecule has 0 bridgehead atoms. The average molecular weight is 529 g/mol. The van der Waals surface area contributed by atoms with Crippen LogP contribution in [0.1, 0.15) is 42.2 Å². The van der Waals surface area contributed by atoms with Gasteiger partial charge >= 0.3 is 0 Å². The van der Waals surface area contributed by atoms with Gasteiger partial charge in [0.15, 0.2) is 5.78 Å². The molecule has 4 heterocycles. The lowest BCUT2D eigenvalue weighted by molar-refractivity contribution is 0.0934. The van der Waals surface area contributed by atoms with E-state index in [4.69, 9.17) is 14.6 Å². The van der Waals surface area contributed by atoms with Gasteiger partial charge in [-0.15, -0.1) is 11.8 Å². The van der Waals surface area contributed by atoms with Crippen LogP contribution in [-0.4, -0.2) is 45.2 Å². The van der Waals surface area contributed by atoms with Crippen LogP contribution >= 0.6 is 11.8 Å². The molecule has 8 heteroatoms. The summed E-state index contributed by atoms with van der Waals surface area (Å²) < 4.78 is 15.5. The normalized spacial score (nSPS) is 18.9. The van der Waals surface area contributed by atoms with Crippen molar-refractivity contribution >= 4 is 17.5 Å². The number of Topliss-reactive ketones (excluding diaryl/α,β-unsaturated/α-hetero) is 1. The van der Waals surface area contributed by atoms with Crippen LogP contribution in [0.3, 0.4) is 0 Å². The summed E-state index contributed by atoms with van der Waals surface area (Å²) >= 11 is 1.78. The number of ether oxygens (including phenoxy) is 2. The van der Waals surface area contributed by atoms with Gasteiger partial charge in [0.05, 0.1) is 17.9 Å². The molecule has 2 unspecified atom stereocenters. The van der Waals surface area contributed by atoms with Crippen molar-refractivity contribution in [1.29, 1.82) is 0 Å². The maximum absolute atomic E-state index is 13.8. The third-order valence-electron chi connectivity index (χ3n) is 7.58. The molecule has 2 aliphatic heterocycles. The Labute approximate surface area is 227 Å². The SMILES string of the molecule is CC1CCOCCC1CC(=O)c1nn(-c2cccc(OCCn3cccn3)c2)c2c1CSc1ccccc1-2. The molecule has 0 spiro atoms. The van der Waals surface area contributed by atoms with E-state index in [0.717, 1.165) is 60.1 Å².